The van der Waals surface area contributed by atoms with Gasteiger partial charge in [0, 0.05) is 0 Å². The van der Waals surface area contributed by atoms with Crippen LogP contribution in [0.1, 0.15) is 53.9 Å². The molecule has 0 fully saturated rings. The summed E-state index contributed by atoms with van der Waals surface area (Å²) in [5.74, 6) is -0.801. The number of benzene rings is 3. The Kier molecular flexibility index (Phi) is 12.2. The number of hydrogen-bond donors (Lipinski definition) is 1. The number of aromatic carboxylic acids is 1. The van der Waals surface area contributed by atoms with Gasteiger partial charge in [0.1, 0.15) is 6.61 Å². The van der Waals surface area contributed by atoms with Gasteiger partial charge in [0.15, 0.2) is 34.4 Å². The van der Waals surface area contributed by atoms with Crippen LogP contribution < -0.4 is 33.8 Å². The molecule has 4 aromatic rings. The van der Waals surface area contributed by atoms with Crippen molar-refractivity contribution >= 4 is 51.3 Å². The summed E-state index contributed by atoms with van der Waals surface area (Å²) in [6.07, 6.45) is 1.70. The summed E-state index contributed by atoms with van der Waals surface area (Å²) in [5, 5.41) is 9.17. The summed E-state index contributed by atoms with van der Waals surface area (Å²) in [7, 11) is 2.75. The maximum Gasteiger partial charge on any atom is 0.343 e. The Morgan fingerprint density at radius 3 is 2.37 bits per heavy atom. The molecule has 0 amide bonds. The van der Waals surface area contributed by atoms with Gasteiger partial charge in [0.2, 0.25) is 0 Å². The second kappa shape index (κ2) is 16.7. The molecule has 0 saturated heterocycles. The zero-order chi connectivity index (χ0) is 37.5. The van der Waals surface area contributed by atoms with Crippen molar-refractivity contribution < 1.29 is 47.9 Å². The van der Waals surface area contributed by atoms with Crippen LogP contribution in [-0.4, -0.2) is 61.6 Å². The van der Waals surface area contributed by atoms with E-state index in [1.165, 1.54) is 30.9 Å². The van der Waals surface area contributed by atoms with Crippen LogP contribution in [0.3, 0.4) is 0 Å². The smallest absolute Gasteiger partial charge is 0.343 e. The van der Waals surface area contributed by atoms with Gasteiger partial charge in [-0.1, -0.05) is 29.5 Å². The van der Waals surface area contributed by atoms with E-state index < -0.39 is 29.5 Å². The number of allylic oxidation sites excluding steroid dienone is 1. The monoisotopic (exact) mass is 794 g/mol. The first-order valence-corrected chi connectivity index (χ1v) is 17.6. The topological polar surface area (TPSA) is 161 Å². The molecule has 1 N–H and O–H groups in total. The lowest BCUT2D eigenvalue weighted by Crippen LogP contribution is -2.40. The highest BCUT2D eigenvalue weighted by molar-refractivity contribution is 9.10. The van der Waals surface area contributed by atoms with Gasteiger partial charge >= 0.3 is 17.9 Å². The average Bonchev–Trinajstić information content (AvgIpc) is 3.43. The number of fused-ring (bicyclic) bond motifs is 1. The minimum atomic E-state index is -1.02. The van der Waals surface area contributed by atoms with Crippen LogP contribution in [0.15, 0.2) is 80.1 Å². The molecule has 1 atom stereocenters. The van der Waals surface area contributed by atoms with E-state index in [1.807, 2.05) is 0 Å². The summed E-state index contributed by atoms with van der Waals surface area (Å²) in [6.45, 7) is 5.39. The number of aromatic nitrogens is 1. The first kappa shape index (κ1) is 37.8. The van der Waals surface area contributed by atoms with Crippen LogP contribution in [0.2, 0.25) is 0 Å². The number of halogens is 1. The van der Waals surface area contributed by atoms with Crippen molar-refractivity contribution in [2.24, 2.45) is 4.99 Å². The number of hydrogen-bond acceptors (Lipinski definition) is 12. The van der Waals surface area contributed by atoms with E-state index in [1.54, 1.807) is 69.3 Å². The number of carboxylic acid groups (broad SMARTS) is 1. The lowest BCUT2D eigenvalue weighted by atomic mass is 9.95. The molecule has 1 aliphatic heterocycles. The fourth-order valence-corrected chi connectivity index (χ4v) is 7.02. The van der Waals surface area contributed by atoms with E-state index in [-0.39, 0.29) is 43.3 Å². The average molecular weight is 796 g/mol. The fourth-order valence-electron chi connectivity index (χ4n) is 5.40. The standard InChI is InChI=1S/C37H35BrN2O11S/c1-6-48-27-17-24(12-13-26(27)50-19-30(41)47-5)32-31(36(45)49-7-2)20(3)39-37-40(32)34(42)29(52-37)16-22-14-25(38)33(28(15-22)46-4)51-18-21-8-10-23(11-9-21)35(43)44/h8-17,32H,6-7,18-19H2,1-5H3,(H,43,44)/b29-16-/t32-/m0/s1. The maximum absolute atomic E-state index is 14.2. The maximum atomic E-state index is 14.2. The summed E-state index contributed by atoms with van der Waals surface area (Å²) in [4.78, 5) is 55.6. The Hall–Kier alpha value is -5.41. The normalized spacial score (nSPS) is 13.9. The second-order valence-corrected chi connectivity index (χ2v) is 13.0. The van der Waals surface area contributed by atoms with Crippen molar-refractivity contribution in [2.45, 2.75) is 33.4 Å². The third-order valence-corrected chi connectivity index (χ3v) is 9.38. The molecule has 0 aliphatic carbocycles. The lowest BCUT2D eigenvalue weighted by Gasteiger charge is -2.25. The SMILES string of the molecule is CCOC(=O)C1=C(C)N=c2s/c(=C\c3cc(Br)c(OCc4ccc(C(=O)O)cc4)c(OC)c3)c(=O)n2[C@H]1c1ccc(OCC(=O)OC)c(OCC)c1. The van der Waals surface area contributed by atoms with Crippen molar-refractivity contribution in [3.8, 4) is 23.0 Å². The van der Waals surface area contributed by atoms with Gasteiger partial charge in [-0.2, -0.15) is 0 Å². The number of carbonyl (C=O) groups is 3. The van der Waals surface area contributed by atoms with E-state index in [2.05, 4.69) is 25.7 Å². The van der Waals surface area contributed by atoms with Crippen LogP contribution >= 0.6 is 27.3 Å². The highest BCUT2D eigenvalue weighted by Gasteiger charge is 2.34. The van der Waals surface area contributed by atoms with Gasteiger partial charge in [-0.15, -0.1) is 0 Å². The summed E-state index contributed by atoms with van der Waals surface area (Å²) < 4.78 is 35.6. The minimum absolute atomic E-state index is 0.116. The third-order valence-electron chi connectivity index (χ3n) is 7.81. The molecule has 5 rings (SSSR count). The Morgan fingerprint density at radius 1 is 0.962 bits per heavy atom. The fraction of sp³-hybridized carbons (Fsp3) is 0.270. The van der Waals surface area contributed by atoms with Crippen LogP contribution in [-0.2, 0) is 25.7 Å². The van der Waals surface area contributed by atoms with Crippen molar-refractivity contribution in [2.75, 3.05) is 34.0 Å². The van der Waals surface area contributed by atoms with Gasteiger partial charge in [-0.3, -0.25) is 9.36 Å². The minimum Gasteiger partial charge on any atom is -0.493 e. The predicted molar refractivity (Wildman–Crippen MR) is 194 cm³/mol. The molecule has 3 aromatic carbocycles. The molecule has 1 aromatic heterocycles. The van der Waals surface area contributed by atoms with E-state index in [4.69, 9.17) is 28.8 Å². The highest BCUT2D eigenvalue weighted by Crippen LogP contribution is 2.38. The Bertz CT molecular complexity index is 2230. The molecule has 0 spiro atoms. The number of rotatable bonds is 14. The van der Waals surface area contributed by atoms with E-state index >= 15 is 0 Å². The molecule has 0 saturated carbocycles. The van der Waals surface area contributed by atoms with Gasteiger partial charge < -0.3 is 33.5 Å². The lowest BCUT2D eigenvalue weighted by molar-refractivity contribution is -0.143. The number of esters is 2. The Morgan fingerprint density at radius 2 is 1.71 bits per heavy atom. The predicted octanol–water partition coefficient (Wildman–Crippen LogP) is 4.80. The molecule has 0 bridgehead atoms. The van der Waals surface area contributed by atoms with Crippen molar-refractivity contribution in [1.29, 1.82) is 0 Å². The molecule has 1 aliphatic rings. The van der Waals surface area contributed by atoms with Crippen LogP contribution in [0.4, 0.5) is 0 Å². The van der Waals surface area contributed by atoms with Crippen molar-refractivity contribution in [3.63, 3.8) is 0 Å². The molecular weight excluding hydrogens is 760 g/mol. The zero-order valence-electron chi connectivity index (χ0n) is 28.9. The highest BCUT2D eigenvalue weighted by atomic mass is 79.9. The molecule has 15 heteroatoms. The van der Waals surface area contributed by atoms with Gasteiger partial charge in [0.05, 0.1) is 59.3 Å². The van der Waals surface area contributed by atoms with Gasteiger partial charge in [0.25, 0.3) is 5.56 Å². The van der Waals surface area contributed by atoms with Crippen molar-refractivity contribution in [1.82, 2.24) is 4.57 Å². The molecule has 52 heavy (non-hydrogen) atoms. The number of nitrogens with zero attached hydrogens (tertiary/aromatic N) is 2. The summed E-state index contributed by atoms with van der Waals surface area (Å²) in [5.41, 5.74) is 2.27. The second-order valence-electron chi connectivity index (χ2n) is 11.1. The van der Waals surface area contributed by atoms with Crippen LogP contribution in [0.5, 0.6) is 23.0 Å². The molecule has 272 valence electrons. The number of carboxylic acids is 1. The molecule has 13 nitrogen and oxygen atoms in total. The molecular formula is C37H35BrN2O11S. The zero-order valence-corrected chi connectivity index (χ0v) is 31.3. The van der Waals surface area contributed by atoms with E-state index in [0.717, 1.165) is 16.9 Å². The Labute approximate surface area is 310 Å². The van der Waals surface area contributed by atoms with Gasteiger partial charge in [-0.05, 0) is 95.9 Å². The number of thiazole rings is 1. The van der Waals surface area contributed by atoms with Gasteiger partial charge in [-0.25, -0.2) is 19.4 Å². The van der Waals surface area contributed by atoms with Crippen LogP contribution in [0, 0.1) is 0 Å². The van der Waals surface area contributed by atoms with Crippen molar-refractivity contribution in [3.05, 3.63) is 112 Å². The number of ether oxygens (including phenoxy) is 6. The number of methoxy groups -OCH3 is 2. The first-order chi connectivity index (χ1) is 25.0. The summed E-state index contributed by atoms with van der Waals surface area (Å²) >= 11 is 4.72. The molecule has 2 heterocycles. The number of carbonyl (C=O) groups excluding carboxylic acids is 2. The third kappa shape index (κ3) is 8.21. The Balaban J connectivity index is 1.56. The van der Waals surface area contributed by atoms with E-state index in [0.29, 0.717) is 47.9 Å². The van der Waals surface area contributed by atoms with Crippen LogP contribution in [0.25, 0.3) is 6.08 Å². The largest absolute Gasteiger partial charge is 0.493 e. The van der Waals surface area contributed by atoms with E-state index in [9.17, 15) is 19.2 Å². The molecule has 0 radical (unpaired) electrons. The molecule has 0 unspecified atom stereocenters. The summed E-state index contributed by atoms with van der Waals surface area (Å²) in [6, 6.07) is 13.9. The first-order valence-electron chi connectivity index (χ1n) is 16.0. The quantitative estimate of drug-likeness (QED) is 0.175.